The van der Waals surface area contributed by atoms with E-state index in [1.807, 2.05) is 36.1 Å². The molecule has 2 saturated heterocycles. The van der Waals surface area contributed by atoms with Gasteiger partial charge in [0.2, 0.25) is 0 Å². The second-order valence-corrected chi connectivity index (χ2v) is 5.84. The largest absolute Gasteiger partial charge is 0.336 e. The quantitative estimate of drug-likeness (QED) is 0.877. The molecule has 0 aliphatic carbocycles. The van der Waals surface area contributed by atoms with Crippen molar-refractivity contribution in [3.8, 4) is 0 Å². The van der Waals surface area contributed by atoms with Gasteiger partial charge in [0.05, 0.1) is 0 Å². The van der Waals surface area contributed by atoms with E-state index in [-0.39, 0.29) is 5.91 Å². The minimum absolute atomic E-state index is 0.179. The molecule has 3 rings (SSSR count). The Morgan fingerprint density at radius 2 is 2.05 bits per heavy atom. The van der Waals surface area contributed by atoms with Gasteiger partial charge in [0, 0.05) is 44.3 Å². The van der Waals surface area contributed by atoms with Crippen molar-refractivity contribution in [2.75, 3.05) is 39.3 Å². The van der Waals surface area contributed by atoms with Crippen LogP contribution in [0.1, 0.15) is 22.3 Å². The van der Waals surface area contributed by atoms with Crippen LogP contribution in [0.3, 0.4) is 0 Å². The number of carbonyl (C=O) groups is 1. The maximum Gasteiger partial charge on any atom is 0.253 e. The van der Waals surface area contributed by atoms with Gasteiger partial charge < -0.3 is 10.2 Å². The van der Waals surface area contributed by atoms with Crippen molar-refractivity contribution in [1.82, 2.24) is 15.1 Å². The zero-order valence-corrected chi connectivity index (χ0v) is 12.1. The van der Waals surface area contributed by atoms with E-state index in [2.05, 4.69) is 10.2 Å². The first kappa shape index (κ1) is 13.6. The second kappa shape index (κ2) is 5.94. The summed E-state index contributed by atoms with van der Waals surface area (Å²) < 4.78 is 0. The summed E-state index contributed by atoms with van der Waals surface area (Å²) >= 11 is 0. The molecule has 1 unspecified atom stereocenters. The van der Waals surface area contributed by atoms with E-state index in [9.17, 15) is 4.79 Å². The minimum atomic E-state index is 0.179. The number of aryl methyl sites for hydroxylation is 1. The van der Waals surface area contributed by atoms with Crippen LogP contribution in [0.25, 0.3) is 0 Å². The molecule has 0 bridgehead atoms. The zero-order chi connectivity index (χ0) is 13.9. The molecule has 1 atom stereocenters. The summed E-state index contributed by atoms with van der Waals surface area (Å²) in [6.07, 6.45) is 1.24. The van der Waals surface area contributed by atoms with Crippen LogP contribution in [0.4, 0.5) is 0 Å². The summed E-state index contributed by atoms with van der Waals surface area (Å²) in [5, 5.41) is 3.41. The first-order valence-corrected chi connectivity index (χ1v) is 7.55. The number of carbonyl (C=O) groups excluding carboxylic acids is 1. The summed E-state index contributed by atoms with van der Waals surface area (Å²) in [5.41, 5.74) is 1.97. The van der Waals surface area contributed by atoms with E-state index < -0.39 is 0 Å². The minimum Gasteiger partial charge on any atom is -0.336 e. The van der Waals surface area contributed by atoms with Gasteiger partial charge in [0.25, 0.3) is 5.91 Å². The van der Waals surface area contributed by atoms with E-state index in [4.69, 9.17) is 0 Å². The molecule has 0 spiro atoms. The number of nitrogens with one attached hydrogen (secondary N) is 1. The van der Waals surface area contributed by atoms with Gasteiger partial charge in [-0.05, 0) is 32.0 Å². The molecule has 0 saturated carbocycles. The summed E-state index contributed by atoms with van der Waals surface area (Å²) in [6, 6.07) is 8.56. The van der Waals surface area contributed by atoms with Gasteiger partial charge in [0.15, 0.2) is 0 Å². The molecule has 4 heteroatoms. The molecule has 4 nitrogen and oxygen atoms in total. The van der Waals surface area contributed by atoms with Gasteiger partial charge in [-0.25, -0.2) is 0 Å². The Balaban J connectivity index is 1.58. The van der Waals surface area contributed by atoms with Crippen LogP contribution in [0, 0.1) is 6.92 Å². The van der Waals surface area contributed by atoms with Crippen LogP contribution in [0.2, 0.25) is 0 Å². The van der Waals surface area contributed by atoms with Crippen molar-refractivity contribution in [3.05, 3.63) is 35.4 Å². The Morgan fingerprint density at radius 3 is 2.70 bits per heavy atom. The number of rotatable bonds is 2. The fourth-order valence-corrected chi connectivity index (χ4v) is 3.20. The fourth-order valence-electron chi connectivity index (χ4n) is 3.20. The average molecular weight is 273 g/mol. The highest BCUT2D eigenvalue weighted by molar-refractivity contribution is 5.94. The summed E-state index contributed by atoms with van der Waals surface area (Å²) in [7, 11) is 0. The predicted octanol–water partition coefficient (Wildman–Crippen LogP) is 1.11. The zero-order valence-electron chi connectivity index (χ0n) is 12.1. The lowest BCUT2D eigenvalue weighted by molar-refractivity contribution is 0.0584. The van der Waals surface area contributed by atoms with Crippen molar-refractivity contribution in [3.63, 3.8) is 0 Å². The highest BCUT2D eigenvalue weighted by atomic mass is 16.2. The molecular weight excluding hydrogens is 250 g/mol. The van der Waals surface area contributed by atoms with Gasteiger partial charge in [-0.15, -0.1) is 0 Å². The van der Waals surface area contributed by atoms with Crippen LogP contribution < -0.4 is 5.32 Å². The van der Waals surface area contributed by atoms with Crippen LogP contribution >= 0.6 is 0 Å². The highest BCUT2D eigenvalue weighted by Gasteiger charge is 2.28. The topological polar surface area (TPSA) is 35.6 Å². The molecule has 1 N–H and O–H groups in total. The van der Waals surface area contributed by atoms with Crippen LogP contribution in [-0.2, 0) is 0 Å². The molecule has 1 aromatic rings. The molecule has 2 aliphatic heterocycles. The normalized spacial score (nSPS) is 24.1. The first-order chi connectivity index (χ1) is 9.74. The number of nitrogens with zero attached hydrogens (tertiary/aromatic N) is 2. The predicted molar refractivity (Wildman–Crippen MR) is 79.9 cm³/mol. The average Bonchev–Trinajstić information content (AvgIpc) is 3.01. The van der Waals surface area contributed by atoms with Gasteiger partial charge in [-0.1, -0.05) is 17.7 Å². The third kappa shape index (κ3) is 2.86. The van der Waals surface area contributed by atoms with Crippen LogP contribution in [-0.4, -0.2) is 61.0 Å². The van der Waals surface area contributed by atoms with Crippen molar-refractivity contribution in [2.45, 2.75) is 19.4 Å². The van der Waals surface area contributed by atoms with Gasteiger partial charge >= 0.3 is 0 Å². The molecule has 0 radical (unpaired) electrons. The summed E-state index contributed by atoms with van der Waals surface area (Å²) in [6.45, 7) is 7.97. The molecule has 0 aromatic heterocycles. The number of benzene rings is 1. The van der Waals surface area contributed by atoms with Gasteiger partial charge in [-0.3, -0.25) is 9.69 Å². The number of hydrogen-bond donors (Lipinski definition) is 1. The Hall–Kier alpha value is -1.39. The Labute approximate surface area is 120 Å². The molecule has 20 heavy (non-hydrogen) atoms. The number of amides is 1. The molecule has 1 aromatic carbocycles. The molecular formula is C16H23N3O. The SMILES string of the molecule is Cc1cccc(C(=O)N2CCN(C3CCNC3)CC2)c1. The third-order valence-corrected chi connectivity index (χ3v) is 4.42. The first-order valence-electron chi connectivity index (χ1n) is 7.55. The molecule has 2 fully saturated rings. The lowest BCUT2D eigenvalue weighted by Gasteiger charge is -2.37. The Morgan fingerprint density at radius 1 is 1.25 bits per heavy atom. The maximum absolute atomic E-state index is 12.5. The van der Waals surface area contributed by atoms with E-state index >= 15 is 0 Å². The monoisotopic (exact) mass is 273 g/mol. The summed E-state index contributed by atoms with van der Waals surface area (Å²) in [4.78, 5) is 17.0. The van der Waals surface area contributed by atoms with E-state index in [0.717, 1.165) is 50.4 Å². The van der Waals surface area contributed by atoms with Crippen LogP contribution in [0.15, 0.2) is 24.3 Å². The van der Waals surface area contributed by atoms with Gasteiger partial charge in [-0.2, -0.15) is 0 Å². The lowest BCUT2D eigenvalue weighted by Crippen LogP contribution is -2.52. The Bertz CT molecular complexity index is 474. The molecule has 1 amide bonds. The van der Waals surface area contributed by atoms with Crippen LogP contribution in [0.5, 0.6) is 0 Å². The lowest BCUT2D eigenvalue weighted by atomic mass is 10.1. The van der Waals surface area contributed by atoms with Crippen molar-refractivity contribution >= 4 is 5.91 Å². The Kier molecular flexibility index (Phi) is 4.03. The molecule has 108 valence electrons. The van der Waals surface area contributed by atoms with E-state index in [1.165, 1.54) is 6.42 Å². The highest BCUT2D eigenvalue weighted by Crippen LogP contribution is 2.14. The van der Waals surface area contributed by atoms with E-state index in [1.54, 1.807) is 0 Å². The third-order valence-electron chi connectivity index (χ3n) is 4.42. The fraction of sp³-hybridized carbons (Fsp3) is 0.562. The molecule has 2 aliphatic rings. The van der Waals surface area contributed by atoms with Crippen molar-refractivity contribution in [2.24, 2.45) is 0 Å². The van der Waals surface area contributed by atoms with Gasteiger partial charge in [0.1, 0.15) is 0 Å². The number of piperazine rings is 1. The standard InChI is InChI=1S/C16H23N3O/c1-13-3-2-4-14(11-13)16(20)19-9-7-18(8-10-19)15-5-6-17-12-15/h2-4,11,15,17H,5-10,12H2,1H3. The smallest absolute Gasteiger partial charge is 0.253 e. The summed E-state index contributed by atoms with van der Waals surface area (Å²) in [5.74, 6) is 0.179. The second-order valence-electron chi connectivity index (χ2n) is 5.84. The van der Waals surface area contributed by atoms with Crippen molar-refractivity contribution < 1.29 is 4.79 Å². The number of hydrogen-bond acceptors (Lipinski definition) is 3. The molecule has 2 heterocycles. The maximum atomic E-state index is 12.5. The van der Waals surface area contributed by atoms with E-state index in [0.29, 0.717) is 6.04 Å². The van der Waals surface area contributed by atoms with Crippen molar-refractivity contribution in [1.29, 1.82) is 0 Å².